The molecule has 2 saturated carbocycles. The maximum absolute atomic E-state index is 12.5. The van der Waals surface area contributed by atoms with Crippen LogP contribution in [0.15, 0.2) is 24.3 Å². The highest BCUT2D eigenvalue weighted by atomic mass is 16.1. The minimum Gasteiger partial charge on any atom is -0.349 e. The predicted molar refractivity (Wildman–Crippen MR) is 96.8 cm³/mol. The summed E-state index contributed by atoms with van der Waals surface area (Å²) in [5.74, 6) is 2.60. The van der Waals surface area contributed by atoms with Crippen LogP contribution in [-0.2, 0) is 6.54 Å². The fourth-order valence-corrected chi connectivity index (χ4v) is 4.91. The lowest BCUT2D eigenvalue weighted by Gasteiger charge is -2.30. The Morgan fingerprint density at radius 1 is 1.08 bits per heavy atom. The third kappa shape index (κ3) is 3.51. The Morgan fingerprint density at radius 3 is 2.46 bits per heavy atom. The number of hydrogen-bond acceptors (Lipinski definition) is 2. The fourth-order valence-electron chi connectivity index (χ4n) is 4.91. The van der Waals surface area contributed by atoms with E-state index in [1.807, 2.05) is 12.1 Å². The number of amides is 1. The molecular weight excluding hydrogens is 296 g/mol. The van der Waals surface area contributed by atoms with Crippen molar-refractivity contribution in [2.24, 2.45) is 17.8 Å². The van der Waals surface area contributed by atoms with Gasteiger partial charge in [0, 0.05) is 18.2 Å². The fraction of sp³-hybridized carbons (Fsp3) is 0.667. The average molecular weight is 326 g/mol. The summed E-state index contributed by atoms with van der Waals surface area (Å²) in [6, 6.07) is 8.70. The second-order valence-electron chi connectivity index (χ2n) is 8.41. The summed E-state index contributed by atoms with van der Waals surface area (Å²) in [6.07, 6.45) is 7.83. The van der Waals surface area contributed by atoms with Crippen LogP contribution in [-0.4, -0.2) is 29.9 Å². The molecule has 3 unspecified atom stereocenters. The summed E-state index contributed by atoms with van der Waals surface area (Å²) in [5, 5.41) is 3.28. The normalized spacial score (nSPS) is 30.6. The maximum Gasteiger partial charge on any atom is 0.251 e. The number of likely N-dealkylation sites (tertiary alicyclic amines) is 1. The molecule has 1 aromatic carbocycles. The first-order valence-corrected chi connectivity index (χ1v) is 9.79. The number of nitrogens with zero attached hydrogens (tertiary/aromatic N) is 1. The zero-order valence-corrected chi connectivity index (χ0v) is 14.8. The average Bonchev–Trinajstić information content (AvgIpc) is 3.20. The van der Waals surface area contributed by atoms with Crippen LogP contribution in [0.5, 0.6) is 0 Å². The van der Waals surface area contributed by atoms with Crippen molar-refractivity contribution in [3.8, 4) is 0 Å². The lowest BCUT2D eigenvalue weighted by atomic mass is 9.95. The highest BCUT2D eigenvalue weighted by molar-refractivity contribution is 5.94. The smallest absolute Gasteiger partial charge is 0.251 e. The van der Waals surface area contributed by atoms with Crippen molar-refractivity contribution in [2.75, 3.05) is 13.1 Å². The predicted octanol–water partition coefficient (Wildman–Crippen LogP) is 3.84. The van der Waals surface area contributed by atoms with Crippen molar-refractivity contribution >= 4 is 5.91 Å². The summed E-state index contributed by atoms with van der Waals surface area (Å²) >= 11 is 0. The van der Waals surface area contributed by atoms with E-state index in [9.17, 15) is 4.79 Å². The molecule has 3 heteroatoms. The van der Waals surface area contributed by atoms with Gasteiger partial charge in [0.2, 0.25) is 0 Å². The number of fused-ring (bicyclic) bond motifs is 2. The molecule has 130 valence electrons. The van der Waals surface area contributed by atoms with E-state index in [2.05, 4.69) is 29.3 Å². The monoisotopic (exact) mass is 326 g/mol. The molecule has 4 rings (SSSR count). The molecule has 1 aliphatic heterocycles. The molecule has 3 fully saturated rings. The first-order valence-electron chi connectivity index (χ1n) is 9.79. The van der Waals surface area contributed by atoms with Gasteiger partial charge in [0.25, 0.3) is 5.91 Å². The maximum atomic E-state index is 12.5. The van der Waals surface area contributed by atoms with Crippen molar-refractivity contribution in [3.63, 3.8) is 0 Å². The Hall–Kier alpha value is -1.35. The Bertz CT molecular complexity index is 574. The van der Waals surface area contributed by atoms with Gasteiger partial charge in [0.05, 0.1) is 0 Å². The van der Waals surface area contributed by atoms with Crippen molar-refractivity contribution in [3.05, 3.63) is 35.4 Å². The summed E-state index contributed by atoms with van der Waals surface area (Å²) in [5.41, 5.74) is 2.13. The van der Waals surface area contributed by atoms with E-state index in [1.54, 1.807) is 0 Å². The van der Waals surface area contributed by atoms with Gasteiger partial charge >= 0.3 is 0 Å². The molecule has 1 N–H and O–H groups in total. The van der Waals surface area contributed by atoms with E-state index < -0.39 is 0 Å². The summed E-state index contributed by atoms with van der Waals surface area (Å²) in [6.45, 7) is 5.77. The van der Waals surface area contributed by atoms with Crippen LogP contribution in [0, 0.1) is 17.8 Å². The largest absolute Gasteiger partial charge is 0.349 e. The van der Waals surface area contributed by atoms with Gasteiger partial charge in [-0.3, -0.25) is 9.69 Å². The first-order chi connectivity index (χ1) is 11.7. The lowest BCUT2D eigenvalue weighted by Crippen LogP contribution is -2.38. The van der Waals surface area contributed by atoms with Gasteiger partial charge in [-0.25, -0.2) is 0 Å². The van der Waals surface area contributed by atoms with E-state index >= 15 is 0 Å². The van der Waals surface area contributed by atoms with Crippen molar-refractivity contribution < 1.29 is 4.79 Å². The first kappa shape index (κ1) is 16.1. The molecule has 3 aliphatic rings. The summed E-state index contributed by atoms with van der Waals surface area (Å²) < 4.78 is 0. The second kappa shape index (κ2) is 6.87. The molecular formula is C21H30N2O. The van der Waals surface area contributed by atoms with E-state index in [0.717, 1.165) is 29.9 Å². The Morgan fingerprint density at radius 2 is 1.83 bits per heavy atom. The standard InChI is InChI=1S/C21H30N2O/c1-15-8-10-23(11-9-15)14-16-2-5-18(6-3-16)21(24)22-20-13-17-4-7-19(20)12-17/h2-3,5-6,15,17,19-20H,4,7-14H2,1H3,(H,22,24). The summed E-state index contributed by atoms with van der Waals surface area (Å²) in [7, 11) is 0. The second-order valence-corrected chi connectivity index (χ2v) is 8.41. The number of carbonyl (C=O) groups excluding carboxylic acids is 1. The van der Waals surface area contributed by atoms with Crippen molar-refractivity contribution in [2.45, 2.75) is 58.0 Å². The molecule has 2 aliphatic carbocycles. The van der Waals surface area contributed by atoms with Crippen LogP contribution in [0.4, 0.5) is 0 Å². The van der Waals surface area contributed by atoms with Crippen LogP contribution in [0.3, 0.4) is 0 Å². The van der Waals surface area contributed by atoms with Gasteiger partial charge in [0.15, 0.2) is 0 Å². The minimum atomic E-state index is 0.117. The molecule has 24 heavy (non-hydrogen) atoms. The quantitative estimate of drug-likeness (QED) is 0.912. The minimum absolute atomic E-state index is 0.117. The molecule has 2 bridgehead atoms. The van der Waals surface area contributed by atoms with Gasteiger partial charge in [-0.1, -0.05) is 25.5 Å². The number of hydrogen-bond donors (Lipinski definition) is 1. The molecule has 1 aromatic rings. The number of benzene rings is 1. The zero-order valence-electron chi connectivity index (χ0n) is 14.8. The van der Waals surface area contributed by atoms with Gasteiger partial charge in [-0.15, -0.1) is 0 Å². The van der Waals surface area contributed by atoms with Crippen LogP contribution in [0.2, 0.25) is 0 Å². The molecule has 1 saturated heterocycles. The Labute approximate surface area is 145 Å². The molecule has 0 spiro atoms. The number of rotatable bonds is 4. The van der Waals surface area contributed by atoms with E-state index in [1.165, 1.54) is 57.2 Å². The van der Waals surface area contributed by atoms with E-state index in [-0.39, 0.29) is 5.91 Å². The molecule has 0 radical (unpaired) electrons. The van der Waals surface area contributed by atoms with Gasteiger partial charge in [-0.2, -0.15) is 0 Å². The lowest BCUT2D eigenvalue weighted by molar-refractivity contribution is 0.0923. The van der Waals surface area contributed by atoms with Crippen LogP contribution in [0.25, 0.3) is 0 Å². The number of carbonyl (C=O) groups is 1. The third-order valence-corrected chi connectivity index (χ3v) is 6.55. The molecule has 3 atom stereocenters. The molecule has 0 aromatic heterocycles. The number of piperidine rings is 1. The van der Waals surface area contributed by atoms with Gasteiger partial charge < -0.3 is 5.32 Å². The van der Waals surface area contributed by atoms with Crippen LogP contribution >= 0.6 is 0 Å². The summed E-state index contributed by atoms with van der Waals surface area (Å²) in [4.78, 5) is 15.0. The van der Waals surface area contributed by atoms with E-state index in [4.69, 9.17) is 0 Å². The topological polar surface area (TPSA) is 32.3 Å². The highest BCUT2D eigenvalue weighted by Crippen LogP contribution is 2.44. The molecule has 1 heterocycles. The Kier molecular flexibility index (Phi) is 4.62. The van der Waals surface area contributed by atoms with Crippen LogP contribution in [0.1, 0.15) is 61.4 Å². The number of nitrogens with one attached hydrogen (secondary N) is 1. The SMILES string of the molecule is CC1CCN(Cc2ccc(C(=O)NC3CC4CCC3C4)cc2)CC1. The highest BCUT2D eigenvalue weighted by Gasteiger charge is 2.40. The zero-order chi connectivity index (χ0) is 16.5. The third-order valence-electron chi connectivity index (χ3n) is 6.55. The molecule has 1 amide bonds. The van der Waals surface area contributed by atoms with Gasteiger partial charge in [0.1, 0.15) is 0 Å². The Balaban J connectivity index is 1.31. The molecule has 3 nitrogen and oxygen atoms in total. The van der Waals surface area contributed by atoms with Crippen molar-refractivity contribution in [1.82, 2.24) is 10.2 Å². The van der Waals surface area contributed by atoms with E-state index in [0.29, 0.717) is 6.04 Å². The van der Waals surface area contributed by atoms with Crippen molar-refractivity contribution in [1.29, 1.82) is 0 Å². The van der Waals surface area contributed by atoms with Crippen LogP contribution < -0.4 is 5.32 Å². The van der Waals surface area contributed by atoms with Gasteiger partial charge in [-0.05, 0) is 80.6 Å².